The SMILES string of the molecule is COc1cc2nc(NCc3ccc4c(c3)OCO4)nc(NCc3cccc(C(F)(F)F)c3)c2cc1OC. The third-order valence-electron chi connectivity index (χ3n) is 5.80. The second-order valence-corrected chi connectivity index (χ2v) is 8.21. The first-order valence-corrected chi connectivity index (χ1v) is 11.3. The second-order valence-electron chi connectivity index (χ2n) is 8.21. The summed E-state index contributed by atoms with van der Waals surface area (Å²) in [5.74, 6) is 3.06. The highest BCUT2D eigenvalue weighted by Gasteiger charge is 2.30. The third kappa shape index (κ3) is 5.25. The van der Waals surface area contributed by atoms with E-state index in [1.807, 2.05) is 18.2 Å². The van der Waals surface area contributed by atoms with Crippen LogP contribution in [-0.2, 0) is 19.3 Å². The maximum absolute atomic E-state index is 13.2. The van der Waals surface area contributed by atoms with E-state index in [0.29, 0.717) is 57.8 Å². The first-order valence-electron chi connectivity index (χ1n) is 11.3. The highest BCUT2D eigenvalue weighted by atomic mass is 19.4. The number of halogens is 3. The first kappa shape index (κ1) is 24.3. The molecule has 0 radical (unpaired) electrons. The van der Waals surface area contributed by atoms with Crippen LogP contribution in [0.1, 0.15) is 16.7 Å². The van der Waals surface area contributed by atoms with Gasteiger partial charge in [0.25, 0.3) is 0 Å². The summed E-state index contributed by atoms with van der Waals surface area (Å²) < 4.78 is 61.1. The minimum absolute atomic E-state index is 0.117. The lowest BCUT2D eigenvalue weighted by Gasteiger charge is -2.15. The van der Waals surface area contributed by atoms with Crippen molar-refractivity contribution in [3.8, 4) is 23.0 Å². The van der Waals surface area contributed by atoms with E-state index in [2.05, 4.69) is 20.6 Å². The molecule has 1 aromatic heterocycles. The molecule has 0 saturated carbocycles. The Kier molecular flexibility index (Phi) is 6.51. The Morgan fingerprint density at radius 2 is 1.57 bits per heavy atom. The van der Waals surface area contributed by atoms with Gasteiger partial charge in [0, 0.05) is 24.5 Å². The molecule has 1 aliphatic heterocycles. The fraction of sp³-hybridized carbons (Fsp3) is 0.231. The van der Waals surface area contributed by atoms with Crippen LogP contribution in [-0.4, -0.2) is 31.0 Å². The number of nitrogens with one attached hydrogen (secondary N) is 2. The molecule has 0 unspecified atom stereocenters. The van der Waals surface area contributed by atoms with Crippen molar-refractivity contribution in [1.29, 1.82) is 0 Å². The molecule has 0 atom stereocenters. The Hall–Kier alpha value is -4.41. The molecule has 1 aliphatic rings. The van der Waals surface area contributed by atoms with Gasteiger partial charge in [0.15, 0.2) is 23.0 Å². The molecule has 0 aliphatic carbocycles. The molecule has 2 N–H and O–H groups in total. The van der Waals surface area contributed by atoms with Crippen molar-refractivity contribution in [2.45, 2.75) is 19.3 Å². The van der Waals surface area contributed by atoms with Crippen LogP contribution < -0.4 is 29.6 Å². The van der Waals surface area contributed by atoms with E-state index in [4.69, 9.17) is 18.9 Å². The number of hydrogen-bond acceptors (Lipinski definition) is 8. The average Bonchev–Trinajstić information content (AvgIpc) is 3.37. The molecule has 4 aromatic rings. The number of nitrogens with zero attached hydrogens (tertiary/aromatic N) is 2. The lowest BCUT2D eigenvalue weighted by atomic mass is 10.1. The lowest BCUT2D eigenvalue weighted by molar-refractivity contribution is -0.137. The Morgan fingerprint density at radius 3 is 2.35 bits per heavy atom. The number of anilines is 2. The van der Waals surface area contributed by atoms with Crippen LogP contribution in [0, 0.1) is 0 Å². The Balaban J connectivity index is 1.45. The predicted octanol–water partition coefficient (Wildman–Crippen LogP) is 5.62. The monoisotopic (exact) mass is 512 g/mol. The number of hydrogen-bond donors (Lipinski definition) is 2. The predicted molar refractivity (Wildman–Crippen MR) is 131 cm³/mol. The maximum Gasteiger partial charge on any atom is 0.416 e. The maximum atomic E-state index is 13.2. The van der Waals surface area contributed by atoms with Gasteiger partial charge in [0.2, 0.25) is 12.7 Å². The lowest BCUT2D eigenvalue weighted by Crippen LogP contribution is -2.09. The summed E-state index contributed by atoms with van der Waals surface area (Å²) in [4.78, 5) is 9.20. The molecule has 8 nitrogen and oxygen atoms in total. The molecule has 3 aromatic carbocycles. The largest absolute Gasteiger partial charge is 0.493 e. The highest BCUT2D eigenvalue weighted by Crippen LogP contribution is 2.36. The molecule has 11 heteroatoms. The van der Waals surface area contributed by atoms with Gasteiger partial charge >= 0.3 is 6.18 Å². The minimum Gasteiger partial charge on any atom is -0.493 e. The van der Waals surface area contributed by atoms with Crippen LogP contribution in [0.25, 0.3) is 10.9 Å². The van der Waals surface area contributed by atoms with E-state index in [9.17, 15) is 13.2 Å². The molecule has 2 heterocycles. The molecule has 192 valence electrons. The Bertz CT molecular complexity index is 1450. The normalized spacial score (nSPS) is 12.5. The number of rotatable bonds is 8. The standard InChI is InChI=1S/C26H23F3N4O4/c1-34-21-10-18-19(11-22(21)35-2)32-25(31-13-16-6-7-20-23(9-16)37-14-36-20)33-24(18)30-12-15-4-3-5-17(8-15)26(27,28)29/h3-11H,12-14H2,1-2H3,(H2,30,31,32,33). The smallest absolute Gasteiger partial charge is 0.416 e. The molecular weight excluding hydrogens is 489 g/mol. The van der Waals surface area contributed by atoms with Crippen LogP contribution in [0.15, 0.2) is 54.6 Å². The van der Waals surface area contributed by atoms with Gasteiger partial charge < -0.3 is 29.6 Å². The summed E-state index contributed by atoms with van der Waals surface area (Å²) in [6.07, 6.45) is -4.42. The summed E-state index contributed by atoms with van der Waals surface area (Å²) in [6.45, 7) is 0.709. The summed E-state index contributed by atoms with van der Waals surface area (Å²) in [5.41, 5.74) is 1.24. The van der Waals surface area contributed by atoms with Gasteiger partial charge in [0.05, 0.1) is 25.3 Å². The number of methoxy groups -OCH3 is 2. The number of benzene rings is 3. The molecule has 37 heavy (non-hydrogen) atoms. The van der Waals surface area contributed by atoms with Gasteiger partial charge in [-0.1, -0.05) is 18.2 Å². The van der Waals surface area contributed by atoms with Crippen molar-refractivity contribution in [3.05, 3.63) is 71.3 Å². The molecule has 0 saturated heterocycles. The highest BCUT2D eigenvalue weighted by molar-refractivity contribution is 5.92. The summed E-state index contributed by atoms with van der Waals surface area (Å²) >= 11 is 0. The van der Waals surface area contributed by atoms with E-state index in [1.165, 1.54) is 20.3 Å². The molecule has 0 fully saturated rings. The van der Waals surface area contributed by atoms with Crippen LogP contribution in [0.2, 0.25) is 0 Å². The molecule has 5 rings (SSSR count). The van der Waals surface area contributed by atoms with E-state index in [-0.39, 0.29) is 13.3 Å². The number of aromatic nitrogens is 2. The Labute approximate surface area is 210 Å². The van der Waals surface area contributed by atoms with Crippen molar-refractivity contribution in [3.63, 3.8) is 0 Å². The van der Waals surface area contributed by atoms with Crippen LogP contribution >= 0.6 is 0 Å². The molecule has 0 amide bonds. The van der Waals surface area contributed by atoms with Crippen molar-refractivity contribution in [2.24, 2.45) is 0 Å². The summed E-state index contributed by atoms with van der Waals surface area (Å²) in [6, 6.07) is 14.2. The van der Waals surface area contributed by atoms with Crippen molar-refractivity contribution in [1.82, 2.24) is 9.97 Å². The van der Waals surface area contributed by atoms with E-state index in [0.717, 1.165) is 17.7 Å². The molecule has 0 bridgehead atoms. The zero-order valence-corrected chi connectivity index (χ0v) is 20.0. The first-order chi connectivity index (χ1) is 17.8. The quantitative estimate of drug-likeness (QED) is 0.315. The average molecular weight is 512 g/mol. The van der Waals surface area contributed by atoms with Gasteiger partial charge in [-0.3, -0.25) is 0 Å². The third-order valence-corrected chi connectivity index (χ3v) is 5.80. The zero-order chi connectivity index (χ0) is 26.0. The van der Waals surface area contributed by atoms with E-state index < -0.39 is 11.7 Å². The van der Waals surface area contributed by atoms with Crippen LogP contribution in [0.4, 0.5) is 24.9 Å². The van der Waals surface area contributed by atoms with E-state index >= 15 is 0 Å². The van der Waals surface area contributed by atoms with Crippen LogP contribution in [0.3, 0.4) is 0 Å². The fourth-order valence-corrected chi connectivity index (χ4v) is 3.94. The van der Waals surface area contributed by atoms with Crippen molar-refractivity contribution in [2.75, 3.05) is 31.6 Å². The van der Waals surface area contributed by atoms with Crippen molar-refractivity contribution >= 4 is 22.7 Å². The molecular formula is C26H23F3N4O4. The van der Waals surface area contributed by atoms with Gasteiger partial charge in [-0.15, -0.1) is 0 Å². The molecule has 0 spiro atoms. The number of fused-ring (bicyclic) bond motifs is 2. The number of ether oxygens (including phenoxy) is 4. The van der Waals surface area contributed by atoms with Gasteiger partial charge in [0.1, 0.15) is 5.82 Å². The van der Waals surface area contributed by atoms with Crippen LogP contribution in [0.5, 0.6) is 23.0 Å². The fourth-order valence-electron chi connectivity index (χ4n) is 3.94. The van der Waals surface area contributed by atoms with E-state index in [1.54, 1.807) is 18.2 Å². The van der Waals surface area contributed by atoms with Gasteiger partial charge in [-0.25, -0.2) is 4.98 Å². The minimum atomic E-state index is -4.42. The Morgan fingerprint density at radius 1 is 0.838 bits per heavy atom. The number of alkyl halides is 3. The summed E-state index contributed by atoms with van der Waals surface area (Å²) in [7, 11) is 3.04. The second kappa shape index (κ2) is 9.92. The van der Waals surface area contributed by atoms with Crippen molar-refractivity contribution < 1.29 is 32.1 Å². The zero-order valence-electron chi connectivity index (χ0n) is 20.0. The topological polar surface area (TPSA) is 86.8 Å². The van der Waals surface area contributed by atoms with Gasteiger partial charge in [-0.05, 0) is 41.5 Å². The summed E-state index contributed by atoms with van der Waals surface area (Å²) in [5, 5.41) is 6.97. The van der Waals surface area contributed by atoms with Gasteiger partial charge in [-0.2, -0.15) is 18.2 Å².